The zero-order valence-corrected chi connectivity index (χ0v) is 48.9. The lowest BCUT2D eigenvalue weighted by Crippen LogP contribution is -2.47. The van der Waals surface area contributed by atoms with Gasteiger partial charge in [0.1, 0.15) is 66.3 Å². The first kappa shape index (κ1) is 63.1. The van der Waals surface area contributed by atoms with Crippen molar-refractivity contribution in [3.63, 3.8) is 0 Å². The quantitative estimate of drug-likeness (QED) is 0.0292. The minimum absolute atomic E-state index is 0.000896. The lowest BCUT2D eigenvalue weighted by Gasteiger charge is -2.32. The van der Waals surface area contributed by atoms with Gasteiger partial charge < -0.3 is 48.4 Å². The monoisotopic (exact) mass is 1230 g/mol. The van der Waals surface area contributed by atoms with Gasteiger partial charge in [-0.1, -0.05) is 116 Å². The molecular formula is C59H66F2N6O17P2. The number of hydrogen-bond acceptors (Lipinski definition) is 18. The van der Waals surface area contributed by atoms with Crippen LogP contribution in [0, 0.1) is 5.82 Å². The molecule has 10 rings (SSSR count). The van der Waals surface area contributed by atoms with Gasteiger partial charge in [-0.05, 0) is 74.9 Å². The summed E-state index contributed by atoms with van der Waals surface area (Å²) in [4.78, 5) is 64.2. The summed E-state index contributed by atoms with van der Waals surface area (Å²) in [6.45, 7) is 7.25. The Bertz CT molecular complexity index is 3690. The van der Waals surface area contributed by atoms with Crippen molar-refractivity contribution in [1.82, 2.24) is 29.9 Å². The van der Waals surface area contributed by atoms with Gasteiger partial charge >= 0.3 is 33.1 Å². The third-order valence-corrected chi connectivity index (χ3v) is 17.8. The van der Waals surface area contributed by atoms with Crippen molar-refractivity contribution in [3.8, 4) is 11.5 Å². The molecule has 2 saturated heterocycles. The average molecular weight is 1230 g/mol. The molecule has 458 valence electrons. The van der Waals surface area contributed by atoms with E-state index in [4.69, 9.17) is 37.0 Å². The summed E-state index contributed by atoms with van der Waals surface area (Å²) in [6, 6.07) is 33.0. The number of benzene rings is 5. The van der Waals surface area contributed by atoms with Gasteiger partial charge in [-0.2, -0.15) is 19.0 Å². The second-order valence-corrected chi connectivity index (χ2v) is 24.7. The van der Waals surface area contributed by atoms with Gasteiger partial charge in [0.05, 0.1) is 31.6 Å². The largest absolute Gasteiger partial charge is 0.461 e. The molecule has 6 N–H and O–H groups in total. The number of aliphatic hydroxyl groups is 2. The Hall–Kier alpha value is -7.41. The van der Waals surface area contributed by atoms with Crippen LogP contribution in [0.25, 0.3) is 21.5 Å². The third-order valence-electron chi connectivity index (χ3n) is 14.4. The molecule has 3 fully saturated rings. The van der Waals surface area contributed by atoms with E-state index in [1.54, 1.807) is 48.5 Å². The molecular weight excluding hydrogens is 1160 g/mol. The number of aromatic nitrogens is 2. The number of esters is 2. The molecule has 0 bridgehead atoms. The molecule has 1 aliphatic carbocycles. The number of aromatic amines is 1. The van der Waals surface area contributed by atoms with E-state index in [9.17, 15) is 52.1 Å². The van der Waals surface area contributed by atoms with Crippen molar-refractivity contribution in [3.05, 3.63) is 178 Å². The van der Waals surface area contributed by atoms with Crippen LogP contribution in [-0.4, -0.2) is 104 Å². The van der Waals surface area contributed by atoms with E-state index in [-0.39, 0.29) is 42.9 Å². The van der Waals surface area contributed by atoms with Crippen LogP contribution in [0.3, 0.4) is 0 Å². The Morgan fingerprint density at radius 1 is 0.767 bits per heavy atom. The normalized spacial score (nSPS) is 22.6. The molecule has 4 heterocycles. The topological polar surface area (TPSA) is 294 Å². The fourth-order valence-corrected chi connectivity index (χ4v) is 13.1. The van der Waals surface area contributed by atoms with E-state index >= 15 is 0 Å². The first-order valence-corrected chi connectivity index (χ1v) is 30.8. The maximum atomic E-state index is 14.4. The van der Waals surface area contributed by atoms with Crippen LogP contribution >= 0.6 is 15.5 Å². The van der Waals surface area contributed by atoms with E-state index in [0.717, 1.165) is 59.2 Å². The van der Waals surface area contributed by atoms with Gasteiger partial charge in [0.2, 0.25) is 11.6 Å². The van der Waals surface area contributed by atoms with Gasteiger partial charge in [-0.25, -0.2) is 13.9 Å². The summed E-state index contributed by atoms with van der Waals surface area (Å²) in [7, 11) is -8.70. The molecule has 3 aliphatic heterocycles. The van der Waals surface area contributed by atoms with Gasteiger partial charge in [0.15, 0.2) is 0 Å². The van der Waals surface area contributed by atoms with Crippen molar-refractivity contribution < 1.29 is 79.6 Å². The summed E-state index contributed by atoms with van der Waals surface area (Å²) >= 11 is 0. The molecule has 23 nitrogen and oxygen atoms in total. The maximum absolute atomic E-state index is 14.4. The molecule has 4 unspecified atom stereocenters. The maximum Gasteiger partial charge on any atom is 0.459 e. The number of amides is 1. The van der Waals surface area contributed by atoms with Gasteiger partial charge in [0, 0.05) is 29.8 Å². The molecule has 4 aliphatic rings. The minimum atomic E-state index is -4.38. The molecule has 27 heteroatoms. The first-order valence-electron chi connectivity index (χ1n) is 27.7. The molecule has 1 amide bonds. The van der Waals surface area contributed by atoms with Gasteiger partial charge in [-0.3, -0.25) is 37.8 Å². The highest BCUT2D eigenvalue weighted by atomic mass is 31.2. The number of carbonyl (C=O) groups is 3. The number of fused-ring (bicyclic) bond motifs is 2. The zero-order valence-electron chi connectivity index (χ0n) is 47.1. The van der Waals surface area contributed by atoms with Crippen LogP contribution in [-0.2, 0) is 58.1 Å². The van der Waals surface area contributed by atoms with Crippen LogP contribution in [0.1, 0.15) is 77.5 Å². The fraction of sp³-hybridized carbons (Fsp3) is 0.373. The molecule has 1 saturated carbocycles. The first-order chi connectivity index (χ1) is 41.1. The molecule has 1 aromatic heterocycles. The van der Waals surface area contributed by atoms with E-state index < -0.39 is 118 Å². The number of carbonyl (C=O) groups excluding carboxylic acids is 3. The van der Waals surface area contributed by atoms with Crippen LogP contribution in [0.5, 0.6) is 11.5 Å². The van der Waals surface area contributed by atoms with Gasteiger partial charge in [0.25, 0.3) is 11.5 Å². The molecule has 86 heavy (non-hydrogen) atoms. The van der Waals surface area contributed by atoms with Crippen LogP contribution in [0.15, 0.2) is 155 Å². The highest BCUT2D eigenvalue weighted by molar-refractivity contribution is 7.52. The predicted molar refractivity (Wildman–Crippen MR) is 309 cm³/mol. The van der Waals surface area contributed by atoms with Crippen molar-refractivity contribution in [1.29, 1.82) is 0 Å². The summed E-state index contributed by atoms with van der Waals surface area (Å²) < 4.78 is 103. The fourth-order valence-electron chi connectivity index (χ4n) is 9.87. The Balaban J connectivity index is 0.000000206. The molecule has 9 atom stereocenters. The lowest BCUT2D eigenvalue weighted by molar-refractivity contribution is -0.152. The summed E-state index contributed by atoms with van der Waals surface area (Å²) in [5.74, 6) is -3.96. The minimum Gasteiger partial charge on any atom is -0.461 e. The number of rotatable bonds is 21. The predicted octanol–water partition coefficient (Wildman–Crippen LogP) is 8.18. The summed E-state index contributed by atoms with van der Waals surface area (Å²) in [6.07, 6.45) is -0.628. The molecule has 0 spiro atoms. The van der Waals surface area contributed by atoms with Crippen molar-refractivity contribution >= 4 is 54.9 Å². The third kappa shape index (κ3) is 15.8. The Morgan fingerprint density at radius 2 is 1.31 bits per heavy atom. The Morgan fingerprint density at radius 3 is 1.94 bits per heavy atom. The summed E-state index contributed by atoms with van der Waals surface area (Å²) in [5, 5.41) is 31.9. The van der Waals surface area contributed by atoms with Crippen LogP contribution in [0.4, 0.5) is 8.78 Å². The van der Waals surface area contributed by atoms with Crippen molar-refractivity contribution in [2.45, 2.75) is 127 Å². The number of nitrogens with zero attached hydrogens (tertiary/aromatic N) is 2. The highest BCUT2D eigenvalue weighted by Gasteiger charge is 2.45. The number of H-pyrrole nitrogens is 1. The van der Waals surface area contributed by atoms with E-state index in [1.807, 2.05) is 71.7 Å². The number of aliphatic hydroxyl groups excluding tert-OH is 2. The van der Waals surface area contributed by atoms with E-state index in [1.165, 1.54) is 25.7 Å². The standard InChI is InChI=1S/C31H33FN3O8P.C28H33FN3O9P/c1-20-33-29(37)24(32)17-35(20)28-16-25(36)27(42-28)19-41-44(39,43-26-15-9-13-22-12-7-8-14-23(22)26)34-31(2,3)30(38)40-18-21-10-5-4-6-11-21;1-17(27(35)39-19-10-3-2-4-11-19)31-42(37,41-23-13-7-9-18-8-5-6-12-20(18)23)38-16-24-22(33)14-25(40-24)32-15-21(29)26(34)30-28(32)36/h4-15,17,25,27-28,36H,1,16,18-19H2,2-3H3,(H,33,37)(H,34,39);5-9,12-13,15,17,19,22,24-25,33H,2-4,10-11,14,16H2,1H3,(H,31,37)(H,30,34,36)/t25?,27-,28-,44?;17-,22?,24+,25+,42?/m10/s1. The Kier molecular flexibility index (Phi) is 20.2. The zero-order chi connectivity index (χ0) is 61.3. The van der Waals surface area contributed by atoms with Crippen molar-refractivity contribution in [2.24, 2.45) is 0 Å². The van der Waals surface area contributed by atoms with E-state index in [2.05, 4.69) is 22.1 Å². The molecule has 5 aromatic carbocycles. The van der Waals surface area contributed by atoms with E-state index in [0.29, 0.717) is 17.0 Å². The van der Waals surface area contributed by atoms with Crippen molar-refractivity contribution in [2.75, 3.05) is 13.2 Å². The van der Waals surface area contributed by atoms with Gasteiger partial charge in [-0.15, -0.1) is 0 Å². The average Bonchev–Trinajstić information content (AvgIpc) is 2.43. The SMILES string of the molecule is C=C1NC(=O)C(F)=CN1[C@H]1CC(O)[C@@H](COP(=O)(NC(C)(C)C(=O)OCc2ccccc2)Oc2cccc3ccccc23)O1.C[C@H](NP(=O)(OC[C@H]1O[C@@H](n2cc(F)c(=O)[nH]c2=O)CC1O)Oc1cccc2ccccc12)C(=O)OC1CCCCC1. The van der Waals surface area contributed by atoms with Crippen LogP contribution < -0.4 is 35.8 Å². The Labute approximate surface area is 492 Å². The smallest absolute Gasteiger partial charge is 0.459 e. The van der Waals surface area contributed by atoms with Crippen LogP contribution in [0.2, 0.25) is 0 Å². The number of halogens is 2. The number of ether oxygens (including phenoxy) is 4. The summed E-state index contributed by atoms with van der Waals surface area (Å²) in [5.41, 5.74) is -2.87. The molecule has 0 radical (unpaired) electrons. The number of hydrogen-bond donors (Lipinski definition) is 6. The second-order valence-electron chi connectivity index (χ2n) is 21.4. The lowest BCUT2D eigenvalue weighted by atomic mass is 9.98. The number of nitrogens with one attached hydrogen (secondary N) is 4. The second kappa shape index (κ2) is 27.5. The molecule has 6 aromatic rings. The highest BCUT2D eigenvalue weighted by Crippen LogP contribution is 2.50.